The van der Waals surface area contributed by atoms with Gasteiger partial charge in [-0.25, -0.2) is 0 Å². The van der Waals surface area contributed by atoms with Gasteiger partial charge in [0.2, 0.25) is 5.91 Å². The van der Waals surface area contributed by atoms with Crippen LogP contribution >= 0.6 is 0 Å². The Bertz CT molecular complexity index is 251. The maximum Gasteiger partial charge on any atom is 0.239 e. The van der Waals surface area contributed by atoms with E-state index in [2.05, 4.69) is 11.0 Å². The normalized spacial score (nSPS) is 19.7. The zero-order valence-electron chi connectivity index (χ0n) is 9.15. The second kappa shape index (κ2) is 5.69. The standard InChI is InChI=1S/C10H18N4O/c1-9(12)10(15)14-7-5-13(6-8-14)4-2-3-11/h9H,2,4-8,12H2,1H3/t9-/m1/s1. The summed E-state index contributed by atoms with van der Waals surface area (Å²) in [4.78, 5) is 15.6. The number of nitriles is 1. The number of hydrogen-bond donors (Lipinski definition) is 1. The molecule has 1 aliphatic heterocycles. The minimum atomic E-state index is -0.407. The van der Waals surface area contributed by atoms with Gasteiger partial charge in [-0.1, -0.05) is 0 Å². The molecule has 1 aliphatic rings. The van der Waals surface area contributed by atoms with Crippen LogP contribution in [0.25, 0.3) is 0 Å². The quantitative estimate of drug-likeness (QED) is 0.674. The highest BCUT2D eigenvalue weighted by molar-refractivity contribution is 5.81. The van der Waals surface area contributed by atoms with E-state index in [1.165, 1.54) is 0 Å². The van der Waals surface area contributed by atoms with E-state index in [4.69, 9.17) is 11.0 Å². The van der Waals surface area contributed by atoms with Crippen molar-refractivity contribution in [2.75, 3.05) is 32.7 Å². The van der Waals surface area contributed by atoms with Gasteiger partial charge in [-0.3, -0.25) is 9.69 Å². The van der Waals surface area contributed by atoms with Gasteiger partial charge in [0.1, 0.15) is 0 Å². The van der Waals surface area contributed by atoms with E-state index >= 15 is 0 Å². The minimum Gasteiger partial charge on any atom is -0.339 e. The summed E-state index contributed by atoms with van der Waals surface area (Å²) in [5.74, 6) is 0.0231. The molecule has 0 aliphatic carbocycles. The molecule has 84 valence electrons. The molecule has 5 nitrogen and oxygen atoms in total. The van der Waals surface area contributed by atoms with Gasteiger partial charge in [-0.05, 0) is 6.92 Å². The van der Waals surface area contributed by atoms with Crippen LogP contribution in [0, 0.1) is 11.3 Å². The summed E-state index contributed by atoms with van der Waals surface area (Å²) < 4.78 is 0. The van der Waals surface area contributed by atoms with E-state index in [1.54, 1.807) is 11.8 Å². The third-order valence-corrected chi connectivity index (χ3v) is 2.61. The van der Waals surface area contributed by atoms with E-state index in [-0.39, 0.29) is 5.91 Å². The Kier molecular flexibility index (Phi) is 4.53. The predicted octanol–water partition coefficient (Wildman–Crippen LogP) is -0.609. The second-order valence-electron chi connectivity index (χ2n) is 3.86. The average molecular weight is 210 g/mol. The molecule has 0 spiro atoms. The maximum atomic E-state index is 11.5. The highest BCUT2D eigenvalue weighted by atomic mass is 16.2. The van der Waals surface area contributed by atoms with Crippen molar-refractivity contribution in [2.24, 2.45) is 5.73 Å². The number of carbonyl (C=O) groups is 1. The number of carbonyl (C=O) groups excluding carboxylic acids is 1. The summed E-state index contributed by atoms with van der Waals surface area (Å²) in [6.45, 7) is 5.67. The highest BCUT2D eigenvalue weighted by Gasteiger charge is 2.22. The van der Waals surface area contributed by atoms with Crippen molar-refractivity contribution in [3.63, 3.8) is 0 Å². The van der Waals surface area contributed by atoms with Crippen LogP contribution in [0.2, 0.25) is 0 Å². The van der Waals surface area contributed by atoms with Crippen molar-refractivity contribution < 1.29 is 4.79 Å². The molecule has 0 radical (unpaired) electrons. The lowest BCUT2D eigenvalue weighted by atomic mass is 10.2. The molecule has 1 amide bonds. The summed E-state index contributed by atoms with van der Waals surface area (Å²) in [5, 5.41) is 8.45. The largest absolute Gasteiger partial charge is 0.339 e. The first-order valence-electron chi connectivity index (χ1n) is 5.29. The van der Waals surface area contributed by atoms with Gasteiger partial charge in [-0.15, -0.1) is 0 Å². The second-order valence-corrected chi connectivity index (χ2v) is 3.86. The van der Waals surface area contributed by atoms with Crippen molar-refractivity contribution >= 4 is 5.91 Å². The van der Waals surface area contributed by atoms with Crippen LogP contribution in [0.1, 0.15) is 13.3 Å². The summed E-state index contributed by atoms with van der Waals surface area (Å²) in [5.41, 5.74) is 5.53. The van der Waals surface area contributed by atoms with Gasteiger partial charge in [0.15, 0.2) is 0 Å². The molecular weight excluding hydrogens is 192 g/mol. The molecule has 1 fully saturated rings. The average Bonchev–Trinajstić information content (AvgIpc) is 2.26. The molecule has 1 rings (SSSR count). The Morgan fingerprint density at radius 2 is 2.07 bits per heavy atom. The van der Waals surface area contributed by atoms with Crippen molar-refractivity contribution in [3.8, 4) is 6.07 Å². The molecule has 0 aromatic heterocycles. The Labute approximate surface area is 90.4 Å². The molecule has 0 bridgehead atoms. The van der Waals surface area contributed by atoms with Gasteiger partial charge < -0.3 is 10.6 Å². The molecule has 0 aromatic carbocycles. The topological polar surface area (TPSA) is 73.4 Å². The Balaban J connectivity index is 2.30. The maximum absolute atomic E-state index is 11.5. The molecule has 1 atom stereocenters. The first-order chi connectivity index (χ1) is 7.15. The van der Waals surface area contributed by atoms with Crippen molar-refractivity contribution in [1.29, 1.82) is 5.26 Å². The van der Waals surface area contributed by atoms with Gasteiger partial charge in [0.05, 0.1) is 12.1 Å². The summed E-state index contributed by atoms with van der Waals surface area (Å²) in [7, 11) is 0. The predicted molar refractivity (Wildman–Crippen MR) is 56.9 cm³/mol. The first kappa shape index (κ1) is 12.0. The van der Waals surface area contributed by atoms with Crippen LogP contribution in [0.5, 0.6) is 0 Å². The van der Waals surface area contributed by atoms with Crippen LogP contribution in [-0.4, -0.2) is 54.5 Å². The summed E-state index contributed by atoms with van der Waals surface area (Å²) in [6.07, 6.45) is 0.557. The third-order valence-electron chi connectivity index (χ3n) is 2.61. The van der Waals surface area contributed by atoms with Gasteiger partial charge in [0.25, 0.3) is 0 Å². The lowest BCUT2D eigenvalue weighted by Crippen LogP contribution is -2.52. The molecular formula is C10H18N4O. The van der Waals surface area contributed by atoms with E-state index in [9.17, 15) is 4.79 Å². The number of piperazine rings is 1. The van der Waals surface area contributed by atoms with Gasteiger partial charge in [0, 0.05) is 39.1 Å². The van der Waals surface area contributed by atoms with Gasteiger partial charge >= 0.3 is 0 Å². The number of hydrogen-bond acceptors (Lipinski definition) is 4. The van der Waals surface area contributed by atoms with Crippen LogP contribution in [0.4, 0.5) is 0 Å². The fourth-order valence-corrected chi connectivity index (χ4v) is 1.69. The van der Waals surface area contributed by atoms with Crippen LogP contribution in [-0.2, 0) is 4.79 Å². The zero-order valence-corrected chi connectivity index (χ0v) is 9.15. The molecule has 15 heavy (non-hydrogen) atoms. The fraction of sp³-hybridized carbons (Fsp3) is 0.800. The smallest absolute Gasteiger partial charge is 0.239 e. The minimum absolute atomic E-state index is 0.0231. The lowest BCUT2D eigenvalue weighted by Gasteiger charge is -2.35. The third kappa shape index (κ3) is 3.50. The molecule has 1 saturated heterocycles. The van der Waals surface area contributed by atoms with Crippen molar-refractivity contribution in [2.45, 2.75) is 19.4 Å². The summed E-state index contributed by atoms with van der Waals surface area (Å²) >= 11 is 0. The Hall–Kier alpha value is -1.12. The highest BCUT2D eigenvalue weighted by Crippen LogP contribution is 2.03. The molecule has 0 unspecified atom stereocenters. The molecule has 2 N–H and O–H groups in total. The summed E-state index contributed by atoms with van der Waals surface area (Å²) in [6, 6.07) is 1.72. The van der Waals surface area contributed by atoms with Crippen molar-refractivity contribution in [1.82, 2.24) is 9.80 Å². The number of nitrogens with two attached hydrogens (primary N) is 1. The Morgan fingerprint density at radius 1 is 1.47 bits per heavy atom. The zero-order chi connectivity index (χ0) is 11.3. The SMILES string of the molecule is C[C@@H](N)C(=O)N1CCN(CCC#N)CC1. The first-order valence-corrected chi connectivity index (χ1v) is 5.29. The van der Waals surface area contributed by atoms with Crippen LogP contribution < -0.4 is 5.73 Å². The lowest BCUT2D eigenvalue weighted by molar-refractivity contribution is -0.133. The van der Waals surface area contributed by atoms with Crippen LogP contribution in [0.3, 0.4) is 0 Å². The Morgan fingerprint density at radius 3 is 2.53 bits per heavy atom. The molecule has 0 saturated carbocycles. The number of amides is 1. The number of nitrogens with zero attached hydrogens (tertiary/aromatic N) is 3. The van der Waals surface area contributed by atoms with E-state index in [0.717, 1.165) is 32.7 Å². The molecule has 0 aromatic rings. The fourth-order valence-electron chi connectivity index (χ4n) is 1.69. The monoisotopic (exact) mass is 210 g/mol. The van der Waals surface area contributed by atoms with Crippen LogP contribution in [0.15, 0.2) is 0 Å². The van der Waals surface area contributed by atoms with Crippen molar-refractivity contribution in [3.05, 3.63) is 0 Å². The van der Waals surface area contributed by atoms with Gasteiger partial charge in [-0.2, -0.15) is 5.26 Å². The van der Waals surface area contributed by atoms with E-state index in [1.807, 2.05) is 0 Å². The molecule has 5 heteroatoms. The van der Waals surface area contributed by atoms with E-state index in [0.29, 0.717) is 6.42 Å². The van der Waals surface area contributed by atoms with E-state index < -0.39 is 6.04 Å². The molecule has 1 heterocycles. The number of rotatable bonds is 3.